The fourth-order valence-electron chi connectivity index (χ4n) is 6.84. The van der Waals surface area contributed by atoms with Crippen molar-refractivity contribution in [1.82, 2.24) is 19.9 Å². The summed E-state index contributed by atoms with van der Waals surface area (Å²) in [6.07, 6.45) is 3.64. The van der Waals surface area contributed by atoms with E-state index in [1.54, 1.807) is 0 Å². The number of aromatic nitrogens is 4. The third-order valence-electron chi connectivity index (χ3n) is 9.22. The van der Waals surface area contributed by atoms with E-state index in [0.29, 0.717) is 5.82 Å². The van der Waals surface area contributed by atoms with Gasteiger partial charge >= 0.3 is 0 Å². The second-order valence-corrected chi connectivity index (χ2v) is 12.3. The van der Waals surface area contributed by atoms with Crippen LogP contribution in [0.1, 0.15) is 0 Å². The lowest BCUT2D eigenvalue weighted by atomic mass is 9.87. The van der Waals surface area contributed by atoms with Gasteiger partial charge in [0.1, 0.15) is 0 Å². The lowest BCUT2D eigenvalue weighted by Gasteiger charge is -2.18. The van der Waals surface area contributed by atoms with Crippen molar-refractivity contribution < 1.29 is 0 Å². The van der Waals surface area contributed by atoms with Crippen LogP contribution in [0, 0.1) is 0 Å². The number of rotatable bonds is 6. The largest absolute Gasteiger partial charge is 0.256 e. The van der Waals surface area contributed by atoms with E-state index in [9.17, 15) is 0 Å². The summed E-state index contributed by atoms with van der Waals surface area (Å²) in [6.45, 7) is 0. The Morgan fingerprint density at radius 3 is 1.20 bits per heavy atom. The first-order valence-corrected chi connectivity index (χ1v) is 16.7. The van der Waals surface area contributed by atoms with Crippen molar-refractivity contribution >= 4 is 21.5 Å². The summed E-state index contributed by atoms with van der Waals surface area (Å²) in [6, 6.07) is 58.9. The highest BCUT2D eigenvalue weighted by Gasteiger charge is 2.19. The molecule has 0 aliphatic carbocycles. The number of nitrogens with zero attached hydrogens (tertiary/aromatic N) is 4. The van der Waals surface area contributed by atoms with Crippen molar-refractivity contribution in [3.05, 3.63) is 182 Å². The van der Waals surface area contributed by atoms with Gasteiger partial charge in [0.25, 0.3) is 0 Å². The summed E-state index contributed by atoms with van der Waals surface area (Å²) in [5, 5.41) is 4.68. The summed E-state index contributed by atoms with van der Waals surface area (Å²) in [4.78, 5) is 19.6. The van der Waals surface area contributed by atoms with E-state index in [4.69, 9.17) is 9.97 Å². The summed E-state index contributed by atoms with van der Waals surface area (Å²) in [5.41, 5.74) is 11.2. The fraction of sp³-hybridized carbons (Fsp3) is 0. The SMILES string of the molecule is c1ccc(-c2c3ccccc3c(-c3cc(-c4ccc(-c5ccccn5)cc4)nc(-c4ccc(-c5ccccn5)cc4)n3)c3ccccc23)cc1. The van der Waals surface area contributed by atoms with Crippen LogP contribution in [0.2, 0.25) is 0 Å². The Labute approximate surface area is 290 Å². The first kappa shape index (κ1) is 29.4. The minimum Gasteiger partial charge on any atom is -0.256 e. The van der Waals surface area contributed by atoms with Gasteiger partial charge in [-0.3, -0.25) is 9.97 Å². The molecule has 0 aliphatic rings. The molecule has 0 saturated carbocycles. The minimum absolute atomic E-state index is 0.666. The minimum atomic E-state index is 0.666. The van der Waals surface area contributed by atoms with Crippen LogP contribution in [0.5, 0.6) is 0 Å². The number of fused-ring (bicyclic) bond motifs is 2. The second kappa shape index (κ2) is 12.7. The predicted molar refractivity (Wildman–Crippen MR) is 205 cm³/mol. The highest BCUT2D eigenvalue weighted by atomic mass is 14.9. The molecule has 0 N–H and O–H groups in total. The monoisotopic (exact) mass is 638 g/mol. The van der Waals surface area contributed by atoms with Gasteiger partial charge in [-0.1, -0.05) is 140 Å². The van der Waals surface area contributed by atoms with Crippen LogP contribution in [0.15, 0.2) is 182 Å². The average Bonchev–Trinajstić information content (AvgIpc) is 3.21. The molecule has 234 valence electrons. The molecule has 0 unspecified atom stereocenters. The fourth-order valence-corrected chi connectivity index (χ4v) is 6.84. The molecule has 50 heavy (non-hydrogen) atoms. The Bertz CT molecular complexity index is 2440. The van der Waals surface area contributed by atoms with Gasteiger partial charge < -0.3 is 0 Å². The topological polar surface area (TPSA) is 51.6 Å². The van der Waals surface area contributed by atoms with Gasteiger partial charge in [-0.25, -0.2) is 9.97 Å². The summed E-state index contributed by atoms with van der Waals surface area (Å²) >= 11 is 0. The smallest absolute Gasteiger partial charge is 0.160 e. The van der Waals surface area contributed by atoms with E-state index in [1.807, 2.05) is 48.8 Å². The Kier molecular flexibility index (Phi) is 7.45. The maximum Gasteiger partial charge on any atom is 0.160 e. The number of pyridine rings is 2. The average molecular weight is 639 g/mol. The molecule has 0 aliphatic heterocycles. The van der Waals surface area contributed by atoms with Crippen LogP contribution in [-0.4, -0.2) is 19.9 Å². The van der Waals surface area contributed by atoms with Crippen LogP contribution >= 0.6 is 0 Å². The zero-order chi connectivity index (χ0) is 33.3. The summed E-state index contributed by atoms with van der Waals surface area (Å²) in [7, 11) is 0. The first-order chi connectivity index (χ1) is 24.8. The third kappa shape index (κ3) is 5.39. The van der Waals surface area contributed by atoms with Gasteiger partial charge in [0.2, 0.25) is 0 Å². The van der Waals surface area contributed by atoms with E-state index in [0.717, 1.165) is 61.4 Å². The Morgan fingerprint density at radius 2 is 0.700 bits per heavy atom. The maximum atomic E-state index is 5.33. The molecule has 4 heteroatoms. The molecule has 0 fully saturated rings. The summed E-state index contributed by atoms with van der Waals surface area (Å²) in [5.74, 6) is 0.666. The van der Waals surface area contributed by atoms with Crippen molar-refractivity contribution in [2.45, 2.75) is 0 Å². The zero-order valence-electron chi connectivity index (χ0n) is 27.1. The van der Waals surface area contributed by atoms with Crippen molar-refractivity contribution in [3.8, 4) is 67.5 Å². The molecule has 0 saturated heterocycles. The van der Waals surface area contributed by atoms with Crippen LogP contribution in [0.3, 0.4) is 0 Å². The molecule has 9 aromatic rings. The lowest BCUT2D eigenvalue weighted by Crippen LogP contribution is -1.98. The van der Waals surface area contributed by atoms with Crippen molar-refractivity contribution in [3.63, 3.8) is 0 Å². The lowest BCUT2D eigenvalue weighted by molar-refractivity contribution is 1.19. The molecule has 3 aromatic heterocycles. The molecule has 3 heterocycles. The molecule has 0 amide bonds. The van der Waals surface area contributed by atoms with Crippen molar-refractivity contribution in [1.29, 1.82) is 0 Å². The highest BCUT2D eigenvalue weighted by Crippen LogP contribution is 2.44. The van der Waals surface area contributed by atoms with E-state index in [1.165, 1.54) is 21.9 Å². The molecule has 0 radical (unpaired) electrons. The standard InChI is InChI=1S/C46H30N4/c1-2-12-34(13-3-1)44-36-14-4-6-16-38(36)45(39-17-7-5-15-37(39)44)43-30-42(33-22-20-31(21-23-33)40-18-8-10-28-47-40)49-46(50-43)35-26-24-32(25-27-35)41-19-9-11-29-48-41/h1-30H. The van der Waals surface area contributed by atoms with E-state index >= 15 is 0 Å². The van der Waals surface area contributed by atoms with Crippen molar-refractivity contribution in [2.24, 2.45) is 0 Å². The van der Waals surface area contributed by atoms with E-state index in [-0.39, 0.29) is 0 Å². The van der Waals surface area contributed by atoms with Crippen LogP contribution < -0.4 is 0 Å². The van der Waals surface area contributed by atoms with Crippen molar-refractivity contribution in [2.75, 3.05) is 0 Å². The molecule has 9 rings (SSSR count). The molecule has 0 bridgehead atoms. The van der Waals surface area contributed by atoms with Gasteiger partial charge in [0.05, 0.1) is 22.8 Å². The molecule has 0 spiro atoms. The number of hydrogen-bond donors (Lipinski definition) is 0. The Balaban J connectivity index is 1.27. The quantitative estimate of drug-likeness (QED) is 0.170. The number of hydrogen-bond acceptors (Lipinski definition) is 4. The Morgan fingerprint density at radius 1 is 0.280 bits per heavy atom. The van der Waals surface area contributed by atoms with Gasteiger partial charge in [-0.15, -0.1) is 0 Å². The molecule has 0 atom stereocenters. The molecular formula is C46H30N4. The highest BCUT2D eigenvalue weighted by molar-refractivity contribution is 6.21. The normalized spacial score (nSPS) is 11.2. The number of benzene rings is 6. The Hall–Kier alpha value is -6.78. The first-order valence-electron chi connectivity index (χ1n) is 16.7. The zero-order valence-corrected chi connectivity index (χ0v) is 27.1. The van der Waals surface area contributed by atoms with Gasteiger partial charge in [0, 0.05) is 40.2 Å². The molecule has 4 nitrogen and oxygen atoms in total. The van der Waals surface area contributed by atoms with Gasteiger partial charge in [-0.2, -0.15) is 0 Å². The van der Waals surface area contributed by atoms with Crippen LogP contribution in [0.4, 0.5) is 0 Å². The van der Waals surface area contributed by atoms with E-state index < -0.39 is 0 Å². The third-order valence-corrected chi connectivity index (χ3v) is 9.22. The van der Waals surface area contributed by atoms with Gasteiger partial charge in [0.15, 0.2) is 5.82 Å². The molecular weight excluding hydrogens is 609 g/mol. The predicted octanol–water partition coefficient (Wildman–Crippen LogP) is 11.6. The van der Waals surface area contributed by atoms with Gasteiger partial charge in [-0.05, 0) is 63.0 Å². The van der Waals surface area contributed by atoms with E-state index in [2.05, 4.69) is 143 Å². The summed E-state index contributed by atoms with van der Waals surface area (Å²) < 4.78 is 0. The van der Waals surface area contributed by atoms with Crippen LogP contribution in [0.25, 0.3) is 89.1 Å². The van der Waals surface area contributed by atoms with Crippen LogP contribution in [-0.2, 0) is 0 Å². The maximum absolute atomic E-state index is 5.33. The molecule has 6 aromatic carbocycles. The second-order valence-electron chi connectivity index (χ2n) is 12.3.